The first kappa shape index (κ1) is 9.32. The molecule has 1 N–H and O–H groups in total. The van der Waals surface area contributed by atoms with Crippen molar-refractivity contribution in [1.29, 1.82) is 0 Å². The molecule has 1 aliphatic heterocycles. The fraction of sp³-hybridized carbons (Fsp3) is 0.400. The maximum absolute atomic E-state index is 5.95. The van der Waals surface area contributed by atoms with Crippen LogP contribution >= 0.6 is 23.2 Å². The van der Waals surface area contributed by atoms with Gasteiger partial charge < -0.3 is 5.32 Å². The van der Waals surface area contributed by atoms with E-state index in [2.05, 4.69) is 12.2 Å². The maximum Gasteiger partial charge on any atom is 0.0595 e. The summed E-state index contributed by atoms with van der Waals surface area (Å²) in [7, 11) is 0. The summed E-state index contributed by atoms with van der Waals surface area (Å²) in [5.74, 6) is 0. The van der Waals surface area contributed by atoms with Crippen LogP contribution in [0.1, 0.15) is 24.1 Å². The van der Waals surface area contributed by atoms with Gasteiger partial charge in [0.05, 0.1) is 10.0 Å². The molecule has 1 nitrogen and oxygen atoms in total. The van der Waals surface area contributed by atoms with Crippen LogP contribution in [0.25, 0.3) is 0 Å². The molecule has 0 saturated heterocycles. The Kier molecular flexibility index (Phi) is 2.50. The normalized spacial score (nSPS) is 21.3. The van der Waals surface area contributed by atoms with Gasteiger partial charge in [-0.1, -0.05) is 23.2 Å². The number of rotatable bonds is 0. The molecule has 1 atom stereocenters. The Morgan fingerprint density at radius 3 is 2.77 bits per heavy atom. The van der Waals surface area contributed by atoms with E-state index < -0.39 is 0 Å². The average Bonchev–Trinajstić information content (AvgIpc) is 2.09. The molecular formula is C10H11Cl2N. The van der Waals surface area contributed by atoms with E-state index in [4.69, 9.17) is 23.2 Å². The number of hydrogen-bond acceptors (Lipinski definition) is 1. The highest BCUT2D eigenvalue weighted by atomic mass is 35.5. The lowest BCUT2D eigenvalue weighted by Crippen LogP contribution is -2.27. The Bertz CT molecular complexity index is 336. The molecule has 70 valence electrons. The lowest BCUT2D eigenvalue weighted by molar-refractivity contribution is 0.541. The number of hydrogen-bond donors (Lipinski definition) is 1. The van der Waals surface area contributed by atoms with Crippen molar-refractivity contribution in [3.63, 3.8) is 0 Å². The van der Waals surface area contributed by atoms with E-state index in [1.807, 2.05) is 12.1 Å². The summed E-state index contributed by atoms with van der Waals surface area (Å²) < 4.78 is 0. The zero-order chi connectivity index (χ0) is 9.42. The number of fused-ring (bicyclic) bond motifs is 1. The van der Waals surface area contributed by atoms with Crippen LogP contribution in [0.2, 0.25) is 10.0 Å². The van der Waals surface area contributed by atoms with Crippen LogP contribution in [0.4, 0.5) is 0 Å². The van der Waals surface area contributed by atoms with E-state index in [0.29, 0.717) is 16.1 Å². The standard InChI is InChI=1S/C10H11Cl2N/c1-6-8-5-10(12)9(11)4-7(8)2-3-13-6/h4-6,13H,2-3H2,1H3/t6-/m0/s1. The van der Waals surface area contributed by atoms with Gasteiger partial charge in [-0.2, -0.15) is 0 Å². The fourth-order valence-corrected chi connectivity index (χ4v) is 2.11. The third-order valence-corrected chi connectivity index (χ3v) is 3.22. The van der Waals surface area contributed by atoms with Gasteiger partial charge in [0.15, 0.2) is 0 Å². The minimum atomic E-state index is 0.388. The summed E-state index contributed by atoms with van der Waals surface area (Å²) in [6, 6.07) is 4.34. The van der Waals surface area contributed by atoms with Gasteiger partial charge in [-0.3, -0.25) is 0 Å². The average molecular weight is 216 g/mol. The Labute approximate surface area is 88.0 Å². The van der Waals surface area contributed by atoms with Crippen molar-refractivity contribution >= 4 is 23.2 Å². The second-order valence-corrected chi connectivity index (χ2v) is 4.21. The Hall–Kier alpha value is -0.240. The first-order valence-electron chi connectivity index (χ1n) is 4.39. The Morgan fingerprint density at radius 1 is 1.31 bits per heavy atom. The van der Waals surface area contributed by atoms with Gasteiger partial charge in [-0.25, -0.2) is 0 Å². The van der Waals surface area contributed by atoms with E-state index in [9.17, 15) is 0 Å². The van der Waals surface area contributed by atoms with Crippen LogP contribution in [0.3, 0.4) is 0 Å². The molecular weight excluding hydrogens is 205 g/mol. The monoisotopic (exact) mass is 215 g/mol. The van der Waals surface area contributed by atoms with Crippen LogP contribution in [-0.2, 0) is 6.42 Å². The highest BCUT2D eigenvalue weighted by molar-refractivity contribution is 6.42. The minimum absolute atomic E-state index is 0.388. The van der Waals surface area contributed by atoms with Crippen molar-refractivity contribution < 1.29 is 0 Å². The molecule has 0 aromatic heterocycles. The lowest BCUT2D eigenvalue weighted by atomic mass is 9.95. The molecule has 0 spiro atoms. The van der Waals surface area contributed by atoms with Crippen LogP contribution < -0.4 is 5.32 Å². The summed E-state index contributed by atoms with van der Waals surface area (Å²) in [5.41, 5.74) is 2.60. The van der Waals surface area contributed by atoms with E-state index in [-0.39, 0.29) is 0 Å². The maximum atomic E-state index is 5.95. The van der Waals surface area contributed by atoms with Crippen molar-refractivity contribution in [2.24, 2.45) is 0 Å². The van der Waals surface area contributed by atoms with Crippen LogP contribution in [0, 0.1) is 0 Å². The van der Waals surface area contributed by atoms with Crippen molar-refractivity contribution in [2.75, 3.05) is 6.54 Å². The van der Waals surface area contributed by atoms with Gasteiger partial charge in [0.2, 0.25) is 0 Å². The SMILES string of the molecule is C[C@@H]1NCCc2cc(Cl)c(Cl)cc21. The first-order chi connectivity index (χ1) is 6.18. The largest absolute Gasteiger partial charge is 0.310 e. The van der Waals surface area contributed by atoms with Gasteiger partial charge in [-0.15, -0.1) is 0 Å². The van der Waals surface area contributed by atoms with Crippen molar-refractivity contribution in [1.82, 2.24) is 5.32 Å². The van der Waals surface area contributed by atoms with Crippen molar-refractivity contribution in [3.8, 4) is 0 Å². The van der Waals surface area contributed by atoms with Gasteiger partial charge in [0, 0.05) is 6.04 Å². The van der Waals surface area contributed by atoms with Crippen molar-refractivity contribution in [2.45, 2.75) is 19.4 Å². The molecule has 0 radical (unpaired) electrons. The molecule has 0 aliphatic carbocycles. The number of benzene rings is 1. The fourth-order valence-electron chi connectivity index (χ4n) is 1.76. The van der Waals surface area contributed by atoms with E-state index in [1.165, 1.54) is 11.1 Å². The molecule has 2 rings (SSSR count). The van der Waals surface area contributed by atoms with Crippen LogP contribution in [0.15, 0.2) is 12.1 Å². The molecule has 0 fully saturated rings. The van der Waals surface area contributed by atoms with Gasteiger partial charge >= 0.3 is 0 Å². The Balaban J connectivity index is 2.52. The quantitative estimate of drug-likeness (QED) is 0.702. The van der Waals surface area contributed by atoms with Crippen LogP contribution in [0.5, 0.6) is 0 Å². The molecule has 0 bridgehead atoms. The zero-order valence-corrected chi connectivity index (χ0v) is 8.91. The predicted octanol–water partition coefficient (Wildman–Crippen LogP) is 3.20. The first-order valence-corrected chi connectivity index (χ1v) is 5.15. The highest BCUT2D eigenvalue weighted by Crippen LogP contribution is 2.31. The molecule has 1 heterocycles. The van der Waals surface area contributed by atoms with Gasteiger partial charge in [-0.05, 0) is 43.1 Å². The topological polar surface area (TPSA) is 12.0 Å². The molecule has 1 aromatic rings. The molecule has 3 heteroatoms. The molecule has 0 saturated carbocycles. The van der Waals surface area contributed by atoms with E-state index in [1.54, 1.807) is 0 Å². The number of halogens is 2. The zero-order valence-electron chi connectivity index (χ0n) is 7.40. The van der Waals surface area contributed by atoms with Crippen molar-refractivity contribution in [3.05, 3.63) is 33.3 Å². The summed E-state index contributed by atoms with van der Waals surface area (Å²) in [6.45, 7) is 3.16. The van der Waals surface area contributed by atoms with Gasteiger partial charge in [0.25, 0.3) is 0 Å². The second kappa shape index (κ2) is 3.49. The highest BCUT2D eigenvalue weighted by Gasteiger charge is 2.16. The second-order valence-electron chi connectivity index (χ2n) is 3.39. The third-order valence-electron chi connectivity index (χ3n) is 2.49. The predicted molar refractivity (Wildman–Crippen MR) is 56.6 cm³/mol. The third kappa shape index (κ3) is 1.69. The molecule has 1 aliphatic rings. The molecule has 0 amide bonds. The van der Waals surface area contributed by atoms with Gasteiger partial charge in [0.1, 0.15) is 0 Å². The minimum Gasteiger partial charge on any atom is -0.310 e. The molecule has 0 unspecified atom stereocenters. The van der Waals surface area contributed by atoms with E-state index in [0.717, 1.165) is 13.0 Å². The Morgan fingerprint density at radius 2 is 2.00 bits per heavy atom. The van der Waals surface area contributed by atoms with Crippen LogP contribution in [-0.4, -0.2) is 6.54 Å². The molecule has 13 heavy (non-hydrogen) atoms. The summed E-state index contributed by atoms with van der Waals surface area (Å²) in [6.07, 6.45) is 1.04. The molecule has 1 aromatic carbocycles. The summed E-state index contributed by atoms with van der Waals surface area (Å²) in [5, 5.41) is 4.69. The summed E-state index contributed by atoms with van der Waals surface area (Å²) in [4.78, 5) is 0. The number of nitrogens with one attached hydrogen (secondary N) is 1. The lowest BCUT2D eigenvalue weighted by Gasteiger charge is -2.24. The smallest absolute Gasteiger partial charge is 0.0595 e. The summed E-state index contributed by atoms with van der Waals surface area (Å²) >= 11 is 11.9. The van der Waals surface area contributed by atoms with E-state index >= 15 is 0 Å².